The fraction of sp³-hybridized carbons (Fsp3) is 0.538. The Bertz CT molecular complexity index is 348. The fourth-order valence-electron chi connectivity index (χ4n) is 1.96. The van der Waals surface area contributed by atoms with Gasteiger partial charge in [0.25, 0.3) is 0 Å². The molecule has 0 saturated carbocycles. The maximum absolute atomic E-state index is 5.38. The Morgan fingerprint density at radius 1 is 1.50 bits per heavy atom. The zero-order valence-corrected chi connectivity index (χ0v) is 10.8. The molecule has 1 aromatic carbocycles. The van der Waals surface area contributed by atoms with Gasteiger partial charge in [0.2, 0.25) is 0 Å². The highest BCUT2D eigenvalue weighted by Crippen LogP contribution is 2.32. The van der Waals surface area contributed by atoms with Crippen molar-refractivity contribution in [1.29, 1.82) is 0 Å². The number of thioether (sulfide) groups is 1. The van der Waals surface area contributed by atoms with Gasteiger partial charge in [-0.3, -0.25) is 0 Å². The molecular weight excluding hydrogens is 218 g/mol. The molecule has 0 spiro atoms. The van der Waals surface area contributed by atoms with Gasteiger partial charge in [0.15, 0.2) is 0 Å². The van der Waals surface area contributed by atoms with Crippen molar-refractivity contribution in [2.75, 3.05) is 26.0 Å². The molecule has 0 amide bonds. The van der Waals surface area contributed by atoms with Crippen LogP contribution in [0, 0.1) is 12.8 Å². The molecule has 1 unspecified atom stereocenters. The fourth-order valence-corrected chi connectivity index (χ4v) is 3.22. The highest BCUT2D eigenvalue weighted by atomic mass is 32.2. The summed E-state index contributed by atoms with van der Waals surface area (Å²) in [6.45, 7) is 4.47. The predicted octanol–water partition coefficient (Wildman–Crippen LogP) is 2.71. The minimum absolute atomic E-state index is 0.815. The van der Waals surface area contributed by atoms with Crippen LogP contribution in [0.4, 0.5) is 0 Å². The number of benzene rings is 1. The van der Waals surface area contributed by atoms with Crippen LogP contribution in [-0.4, -0.2) is 26.0 Å². The van der Waals surface area contributed by atoms with E-state index in [1.807, 2.05) is 11.8 Å². The number of hydrogen-bond donors (Lipinski definition) is 1. The Labute approximate surface area is 102 Å². The molecule has 1 saturated heterocycles. The lowest BCUT2D eigenvalue weighted by atomic mass is 10.2. The largest absolute Gasteiger partial charge is 0.496 e. The number of methoxy groups -OCH3 is 1. The third-order valence-electron chi connectivity index (χ3n) is 2.96. The van der Waals surface area contributed by atoms with Gasteiger partial charge in [0.1, 0.15) is 5.75 Å². The molecule has 1 aliphatic rings. The highest BCUT2D eigenvalue weighted by molar-refractivity contribution is 7.99. The van der Waals surface area contributed by atoms with Gasteiger partial charge in [-0.05, 0) is 50.0 Å². The summed E-state index contributed by atoms with van der Waals surface area (Å²) < 4.78 is 5.38. The Morgan fingerprint density at radius 2 is 2.38 bits per heavy atom. The molecule has 88 valence electrons. The first-order valence-corrected chi connectivity index (χ1v) is 6.76. The molecule has 1 aliphatic heterocycles. The summed E-state index contributed by atoms with van der Waals surface area (Å²) in [7, 11) is 1.74. The zero-order chi connectivity index (χ0) is 11.4. The van der Waals surface area contributed by atoms with Crippen LogP contribution < -0.4 is 10.1 Å². The van der Waals surface area contributed by atoms with E-state index in [1.54, 1.807) is 7.11 Å². The topological polar surface area (TPSA) is 21.3 Å². The summed E-state index contributed by atoms with van der Waals surface area (Å²) in [6, 6.07) is 6.37. The summed E-state index contributed by atoms with van der Waals surface area (Å²) in [6.07, 6.45) is 1.31. The van der Waals surface area contributed by atoms with Crippen LogP contribution in [-0.2, 0) is 0 Å². The second-order valence-corrected chi connectivity index (χ2v) is 5.39. The molecule has 1 atom stereocenters. The molecule has 1 heterocycles. The van der Waals surface area contributed by atoms with E-state index in [4.69, 9.17) is 4.74 Å². The van der Waals surface area contributed by atoms with E-state index < -0.39 is 0 Å². The summed E-state index contributed by atoms with van der Waals surface area (Å²) in [4.78, 5) is 1.27. The predicted molar refractivity (Wildman–Crippen MR) is 69.4 cm³/mol. The first kappa shape index (κ1) is 11.8. The summed E-state index contributed by atoms with van der Waals surface area (Å²) >= 11 is 1.92. The second kappa shape index (κ2) is 5.60. The normalized spacial score (nSPS) is 20.0. The van der Waals surface area contributed by atoms with E-state index in [-0.39, 0.29) is 0 Å². The Kier molecular flexibility index (Phi) is 4.13. The van der Waals surface area contributed by atoms with Crippen LogP contribution in [0.15, 0.2) is 23.1 Å². The highest BCUT2D eigenvalue weighted by Gasteiger charge is 2.15. The van der Waals surface area contributed by atoms with Crippen molar-refractivity contribution in [3.63, 3.8) is 0 Å². The molecule has 0 bridgehead atoms. The van der Waals surface area contributed by atoms with E-state index >= 15 is 0 Å². The van der Waals surface area contributed by atoms with Crippen LogP contribution >= 0.6 is 11.8 Å². The molecule has 0 aliphatic carbocycles. The van der Waals surface area contributed by atoms with Crippen molar-refractivity contribution in [1.82, 2.24) is 5.32 Å². The molecule has 2 rings (SSSR count). The van der Waals surface area contributed by atoms with Crippen molar-refractivity contribution in [2.24, 2.45) is 5.92 Å². The van der Waals surface area contributed by atoms with Crippen molar-refractivity contribution in [2.45, 2.75) is 18.2 Å². The number of ether oxygens (including phenoxy) is 1. The average Bonchev–Trinajstić information content (AvgIpc) is 2.79. The van der Waals surface area contributed by atoms with Crippen LogP contribution in [0.2, 0.25) is 0 Å². The van der Waals surface area contributed by atoms with Gasteiger partial charge in [0, 0.05) is 10.6 Å². The molecule has 2 nitrogen and oxygen atoms in total. The van der Waals surface area contributed by atoms with Gasteiger partial charge >= 0.3 is 0 Å². The SMILES string of the molecule is COc1ccc(C)cc1SCC1CCNC1. The van der Waals surface area contributed by atoms with Crippen LogP contribution in [0.3, 0.4) is 0 Å². The quantitative estimate of drug-likeness (QED) is 0.814. The standard InChI is InChI=1S/C13H19NOS/c1-10-3-4-12(15-2)13(7-10)16-9-11-5-6-14-8-11/h3-4,7,11,14H,5-6,8-9H2,1-2H3. The molecule has 1 N–H and O–H groups in total. The van der Waals surface area contributed by atoms with Crippen molar-refractivity contribution in [3.05, 3.63) is 23.8 Å². The molecule has 0 radical (unpaired) electrons. The van der Waals surface area contributed by atoms with E-state index in [2.05, 4.69) is 30.4 Å². The van der Waals surface area contributed by atoms with Gasteiger partial charge in [0.05, 0.1) is 7.11 Å². The number of nitrogens with one attached hydrogen (secondary N) is 1. The molecule has 0 aromatic heterocycles. The van der Waals surface area contributed by atoms with Gasteiger partial charge in [-0.25, -0.2) is 0 Å². The van der Waals surface area contributed by atoms with Gasteiger partial charge in [-0.15, -0.1) is 11.8 Å². The smallest absolute Gasteiger partial charge is 0.132 e. The Morgan fingerprint density at radius 3 is 3.06 bits per heavy atom. The van der Waals surface area contributed by atoms with E-state index in [9.17, 15) is 0 Å². The molecule has 16 heavy (non-hydrogen) atoms. The zero-order valence-electron chi connectivity index (χ0n) is 9.95. The monoisotopic (exact) mass is 237 g/mol. The molecule has 1 fully saturated rings. The van der Waals surface area contributed by atoms with E-state index in [0.717, 1.165) is 11.7 Å². The third-order valence-corrected chi connectivity index (χ3v) is 4.22. The number of rotatable bonds is 4. The minimum Gasteiger partial charge on any atom is -0.496 e. The van der Waals surface area contributed by atoms with Gasteiger partial charge in [-0.2, -0.15) is 0 Å². The van der Waals surface area contributed by atoms with Gasteiger partial charge < -0.3 is 10.1 Å². The summed E-state index contributed by atoms with van der Waals surface area (Å²) in [5.41, 5.74) is 1.30. The van der Waals surface area contributed by atoms with Crippen LogP contribution in [0.1, 0.15) is 12.0 Å². The summed E-state index contributed by atoms with van der Waals surface area (Å²) in [5.74, 6) is 3.00. The summed E-state index contributed by atoms with van der Waals surface area (Å²) in [5, 5.41) is 3.40. The third kappa shape index (κ3) is 2.92. The van der Waals surface area contributed by atoms with E-state index in [1.165, 1.54) is 35.7 Å². The average molecular weight is 237 g/mol. The maximum Gasteiger partial charge on any atom is 0.132 e. The van der Waals surface area contributed by atoms with Crippen molar-refractivity contribution >= 4 is 11.8 Å². The number of hydrogen-bond acceptors (Lipinski definition) is 3. The lowest BCUT2D eigenvalue weighted by Gasteiger charge is -2.11. The lowest BCUT2D eigenvalue weighted by molar-refractivity contribution is 0.404. The van der Waals surface area contributed by atoms with E-state index in [0.29, 0.717) is 0 Å². The molecule has 3 heteroatoms. The van der Waals surface area contributed by atoms with Crippen molar-refractivity contribution in [3.8, 4) is 5.75 Å². The van der Waals surface area contributed by atoms with Crippen molar-refractivity contribution < 1.29 is 4.74 Å². The Hall–Kier alpha value is -0.670. The first-order chi connectivity index (χ1) is 7.79. The van der Waals surface area contributed by atoms with Crippen LogP contribution in [0.5, 0.6) is 5.75 Å². The Balaban J connectivity index is 1.98. The lowest BCUT2D eigenvalue weighted by Crippen LogP contribution is -2.10. The first-order valence-electron chi connectivity index (χ1n) is 5.78. The van der Waals surface area contributed by atoms with Gasteiger partial charge in [-0.1, -0.05) is 6.07 Å². The maximum atomic E-state index is 5.38. The number of aryl methyl sites for hydroxylation is 1. The second-order valence-electron chi connectivity index (χ2n) is 4.32. The molecule has 1 aromatic rings. The molecular formula is C13H19NOS. The minimum atomic E-state index is 0.815. The van der Waals surface area contributed by atoms with Crippen LogP contribution in [0.25, 0.3) is 0 Å².